The molecule has 1 heterocycles. The molecule has 0 aliphatic carbocycles. The molecule has 1 aliphatic rings. The van der Waals surface area contributed by atoms with Crippen LogP contribution in [0.2, 0.25) is 0 Å². The first kappa shape index (κ1) is 11.0. The van der Waals surface area contributed by atoms with Crippen molar-refractivity contribution in [2.24, 2.45) is 5.92 Å². The van der Waals surface area contributed by atoms with Crippen molar-refractivity contribution in [1.82, 2.24) is 4.90 Å². The van der Waals surface area contributed by atoms with E-state index in [1.807, 2.05) is 0 Å². The molecule has 0 spiro atoms. The van der Waals surface area contributed by atoms with Crippen LogP contribution in [-0.2, 0) is 4.74 Å². The van der Waals surface area contributed by atoms with Gasteiger partial charge in [-0.15, -0.1) is 0 Å². The van der Waals surface area contributed by atoms with E-state index in [0.717, 1.165) is 19.1 Å². The van der Waals surface area contributed by atoms with E-state index in [9.17, 15) is 0 Å². The highest BCUT2D eigenvalue weighted by Crippen LogP contribution is 2.24. The van der Waals surface area contributed by atoms with Gasteiger partial charge in [-0.25, -0.2) is 0 Å². The zero-order chi connectivity index (χ0) is 9.68. The minimum atomic E-state index is 0.400. The van der Waals surface area contributed by atoms with Gasteiger partial charge >= 0.3 is 0 Å². The van der Waals surface area contributed by atoms with Crippen LogP contribution in [0.1, 0.15) is 39.5 Å². The zero-order valence-corrected chi connectivity index (χ0v) is 9.25. The maximum atomic E-state index is 5.74. The monoisotopic (exact) mass is 185 g/mol. The molecular weight excluding hydrogens is 162 g/mol. The summed E-state index contributed by atoms with van der Waals surface area (Å²) in [4.78, 5) is 2.35. The molecule has 78 valence electrons. The lowest BCUT2D eigenvalue weighted by Gasteiger charge is -2.26. The van der Waals surface area contributed by atoms with Crippen LogP contribution in [0.5, 0.6) is 0 Å². The van der Waals surface area contributed by atoms with Crippen LogP contribution < -0.4 is 0 Å². The largest absolute Gasteiger partial charge is 0.362 e. The number of likely N-dealkylation sites (N-methyl/N-ethyl adjacent to an activating group) is 1. The summed E-state index contributed by atoms with van der Waals surface area (Å²) in [6, 6.07) is 0. The van der Waals surface area contributed by atoms with Crippen molar-refractivity contribution >= 4 is 0 Å². The molecule has 0 N–H and O–H groups in total. The SMILES string of the molecule is CCCCC(CC)C1OCCN1C. The maximum absolute atomic E-state index is 5.74. The molecule has 1 rings (SSSR count). The summed E-state index contributed by atoms with van der Waals surface area (Å²) in [5, 5.41) is 0. The van der Waals surface area contributed by atoms with Crippen LogP contribution >= 0.6 is 0 Å². The molecule has 0 aromatic heterocycles. The van der Waals surface area contributed by atoms with Crippen molar-refractivity contribution in [2.45, 2.75) is 45.8 Å². The van der Waals surface area contributed by atoms with E-state index >= 15 is 0 Å². The molecule has 1 aliphatic heterocycles. The average molecular weight is 185 g/mol. The fourth-order valence-electron chi connectivity index (χ4n) is 2.08. The summed E-state index contributed by atoms with van der Waals surface area (Å²) in [7, 11) is 2.17. The van der Waals surface area contributed by atoms with E-state index in [0.29, 0.717) is 6.23 Å². The smallest absolute Gasteiger partial charge is 0.113 e. The molecule has 1 saturated heterocycles. The Labute approximate surface area is 82.3 Å². The Morgan fingerprint density at radius 1 is 1.46 bits per heavy atom. The second kappa shape index (κ2) is 5.61. The molecule has 2 atom stereocenters. The number of rotatable bonds is 5. The normalized spacial score (nSPS) is 26.5. The van der Waals surface area contributed by atoms with Crippen LogP contribution in [0.3, 0.4) is 0 Å². The van der Waals surface area contributed by atoms with Crippen molar-refractivity contribution in [3.8, 4) is 0 Å². The third-order valence-electron chi connectivity index (χ3n) is 3.02. The van der Waals surface area contributed by atoms with Gasteiger partial charge in [-0.1, -0.05) is 26.7 Å². The van der Waals surface area contributed by atoms with E-state index in [1.165, 1.54) is 25.7 Å². The summed E-state index contributed by atoms with van der Waals surface area (Å²) >= 11 is 0. The van der Waals surface area contributed by atoms with E-state index in [1.54, 1.807) is 0 Å². The highest BCUT2D eigenvalue weighted by molar-refractivity contribution is 4.73. The van der Waals surface area contributed by atoms with Crippen molar-refractivity contribution in [3.05, 3.63) is 0 Å². The van der Waals surface area contributed by atoms with Gasteiger partial charge in [0.15, 0.2) is 0 Å². The lowest BCUT2D eigenvalue weighted by molar-refractivity contribution is -0.00757. The molecule has 0 radical (unpaired) electrons. The van der Waals surface area contributed by atoms with Gasteiger partial charge in [0, 0.05) is 6.54 Å². The molecule has 0 bridgehead atoms. The van der Waals surface area contributed by atoms with Crippen molar-refractivity contribution in [2.75, 3.05) is 20.2 Å². The number of ether oxygens (including phenoxy) is 1. The summed E-state index contributed by atoms with van der Waals surface area (Å²) in [6.07, 6.45) is 5.60. The Bertz CT molecular complexity index is 138. The van der Waals surface area contributed by atoms with Gasteiger partial charge < -0.3 is 4.74 Å². The molecule has 0 aromatic rings. The summed E-state index contributed by atoms with van der Waals surface area (Å²) in [5.41, 5.74) is 0. The number of nitrogens with zero attached hydrogens (tertiary/aromatic N) is 1. The Kier molecular flexibility index (Phi) is 4.74. The maximum Gasteiger partial charge on any atom is 0.113 e. The van der Waals surface area contributed by atoms with Crippen LogP contribution in [0.25, 0.3) is 0 Å². The van der Waals surface area contributed by atoms with Crippen molar-refractivity contribution in [1.29, 1.82) is 0 Å². The standard InChI is InChI=1S/C11H23NO/c1-4-6-7-10(5-2)11-12(3)8-9-13-11/h10-11H,4-9H2,1-3H3. The molecule has 1 fully saturated rings. The minimum absolute atomic E-state index is 0.400. The van der Waals surface area contributed by atoms with Gasteiger partial charge in [0.05, 0.1) is 6.61 Å². The fourth-order valence-corrected chi connectivity index (χ4v) is 2.08. The highest BCUT2D eigenvalue weighted by atomic mass is 16.5. The Hall–Kier alpha value is -0.0800. The summed E-state index contributed by atoms with van der Waals surface area (Å²) in [5.74, 6) is 0.743. The average Bonchev–Trinajstić information content (AvgIpc) is 2.54. The zero-order valence-electron chi connectivity index (χ0n) is 9.25. The topological polar surface area (TPSA) is 12.5 Å². The van der Waals surface area contributed by atoms with Crippen LogP contribution in [0.4, 0.5) is 0 Å². The van der Waals surface area contributed by atoms with E-state index < -0.39 is 0 Å². The van der Waals surface area contributed by atoms with Crippen molar-refractivity contribution < 1.29 is 4.74 Å². The lowest BCUT2D eigenvalue weighted by Crippen LogP contribution is -2.33. The molecule has 0 saturated carbocycles. The Balaban J connectivity index is 2.35. The number of unbranched alkanes of at least 4 members (excludes halogenated alkanes) is 1. The van der Waals surface area contributed by atoms with E-state index in [4.69, 9.17) is 4.74 Å². The molecule has 0 amide bonds. The lowest BCUT2D eigenvalue weighted by atomic mass is 9.97. The van der Waals surface area contributed by atoms with Gasteiger partial charge in [0.1, 0.15) is 6.23 Å². The first-order valence-electron chi connectivity index (χ1n) is 5.61. The molecule has 2 unspecified atom stereocenters. The molecular formula is C11H23NO. The third-order valence-corrected chi connectivity index (χ3v) is 3.02. The van der Waals surface area contributed by atoms with E-state index in [-0.39, 0.29) is 0 Å². The first-order chi connectivity index (χ1) is 6.29. The Morgan fingerprint density at radius 3 is 2.69 bits per heavy atom. The predicted molar refractivity (Wildman–Crippen MR) is 55.7 cm³/mol. The van der Waals surface area contributed by atoms with Gasteiger partial charge in [-0.3, -0.25) is 4.90 Å². The first-order valence-corrected chi connectivity index (χ1v) is 5.61. The Morgan fingerprint density at radius 2 is 2.23 bits per heavy atom. The highest BCUT2D eigenvalue weighted by Gasteiger charge is 2.28. The molecule has 2 heteroatoms. The summed E-state index contributed by atoms with van der Waals surface area (Å²) < 4.78 is 5.74. The fraction of sp³-hybridized carbons (Fsp3) is 1.00. The molecule has 2 nitrogen and oxygen atoms in total. The predicted octanol–water partition coefficient (Wildman–Crippen LogP) is 2.49. The summed E-state index contributed by atoms with van der Waals surface area (Å²) in [6.45, 7) is 6.55. The quantitative estimate of drug-likeness (QED) is 0.652. The van der Waals surface area contributed by atoms with E-state index in [2.05, 4.69) is 25.8 Å². The van der Waals surface area contributed by atoms with Gasteiger partial charge in [0.25, 0.3) is 0 Å². The molecule has 13 heavy (non-hydrogen) atoms. The van der Waals surface area contributed by atoms with Crippen LogP contribution in [0, 0.1) is 5.92 Å². The van der Waals surface area contributed by atoms with Gasteiger partial charge in [-0.2, -0.15) is 0 Å². The number of hydrogen-bond acceptors (Lipinski definition) is 2. The minimum Gasteiger partial charge on any atom is -0.362 e. The number of hydrogen-bond donors (Lipinski definition) is 0. The molecule has 0 aromatic carbocycles. The second-order valence-corrected chi connectivity index (χ2v) is 4.05. The third kappa shape index (κ3) is 2.96. The van der Waals surface area contributed by atoms with Crippen LogP contribution in [-0.4, -0.2) is 31.3 Å². The van der Waals surface area contributed by atoms with Gasteiger partial charge in [0.2, 0.25) is 0 Å². The second-order valence-electron chi connectivity index (χ2n) is 4.05. The van der Waals surface area contributed by atoms with Gasteiger partial charge in [-0.05, 0) is 25.8 Å². The van der Waals surface area contributed by atoms with Crippen molar-refractivity contribution in [3.63, 3.8) is 0 Å². The van der Waals surface area contributed by atoms with Crippen LogP contribution in [0.15, 0.2) is 0 Å².